The molecule has 1 aromatic carbocycles. The van der Waals surface area contributed by atoms with E-state index in [1.54, 1.807) is 40.8 Å². The van der Waals surface area contributed by atoms with Gasteiger partial charge in [-0.1, -0.05) is 30.3 Å². The van der Waals surface area contributed by atoms with E-state index in [1.165, 1.54) is 0 Å². The first-order chi connectivity index (χ1) is 14.5. The van der Waals surface area contributed by atoms with Crippen LogP contribution in [0.5, 0.6) is 0 Å². The SMILES string of the molecule is CCn1ncc2c(C(=O)NNC(=O)c3cc(Br)cn3C)cc(-c3ccccc3)nc21. The van der Waals surface area contributed by atoms with Crippen LogP contribution in [0.3, 0.4) is 0 Å². The van der Waals surface area contributed by atoms with Crippen LogP contribution in [0.25, 0.3) is 22.3 Å². The van der Waals surface area contributed by atoms with Gasteiger partial charge in [-0.2, -0.15) is 5.10 Å². The minimum Gasteiger partial charge on any atom is -0.345 e. The summed E-state index contributed by atoms with van der Waals surface area (Å²) in [6.07, 6.45) is 3.38. The summed E-state index contributed by atoms with van der Waals surface area (Å²) in [4.78, 5) is 30.1. The van der Waals surface area contributed by atoms with Crippen molar-refractivity contribution in [1.29, 1.82) is 0 Å². The molecule has 0 radical (unpaired) electrons. The Morgan fingerprint density at radius 3 is 2.50 bits per heavy atom. The predicted octanol–water partition coefficient (Wildman–Crippen LogP) is 3.29. The first-order valence-corrected chi connectivity index (χ1v) is 10.1. The van der Waals surface area contributed by atoms with E-state index in [4.69, 9.17) is 4.98 Å². The fourth-order valence-corrected chi connectivity index (χ4v) is 3.74. The van der Waals surface area contributed by atoms with Crippen molar-refractivity contribution in [3.8, 4) is 11.3 Å². The molecule has 9 heteroatoms. The number of pyridine rings is 1. The van der Waals surface area contributed by atoms with Gasteiger partial charge in [-0.3, -0.25) is 20.4 Å². The fraction of sp³-hybridized carbons (Fsp3) is 0.143. The molecule has 0 spiro atoms. The van der Waals surface area contributed by atoms with Gasteiger partial charge in [0.05, 0.1) is 22.8 Å². The van der Waals surface area contributed by atoms with Crippen LogP contribution in [-0.2, 0) is 13.6 Å². The summed E-state index contributed by atoms with van der Waals surface area (Å²) in [5.41, 5.74) is 7.91. The molecule has 2 N–H and O–H groups in total. The molecule has 3 heterocycles. The smallest absolute Gasteiger partial charge is 0.286 e. The molecule has 4 rings (SSSR count). The number of rotatable bonds is 4. The normalized spacial score (nSPS) is 10.9. The number of amides is 2. The zero-order valence-electron chi connectivity index (χ0n) is 16.4. The average Bonchev–Trinajstić information content (AvgIpc) is 3.33. The molecule has 0 aliphatic heterocycles. The monoisotopic (exact) mass is 466 g/mol. The van der Waals surface area contributed by atoms with E-state index in [0.717, 1.165) is 10.0 Å². The maximum Gasteiger partial charge on any atom is 0.286 e. The maximum absolute atomic E-state index is 13.0. The van der Waals surface area contributed by atoms with Crippen molar-refractivity contribution in [2.24, 2.45) is 7.05 Å². The molecule has 0 aliphatic carbocycles. The molecule has 0 unspecified atom stereocenters. The van der Waals surface area contributed by atoms with Gasteiger partial charge in [0.15, 0.2) is 5.65 Å². The quantitative estimate of drug-likeness (QED) is 0.451. The number of carbonyl (C=O) groups is 2. The van der Waals surface area contributed by atoms with Gasteiger partial charge in [-0.25, -0.2) is 9.67 Å². The largest absolute Gasteiger partial charge is 0.345 e. The molecule has 0 bridgehead atoms. The molecule has 0 atom stereocenters. The molecule has 30 heavy (non-hydrogen) atoms. The van der Waals surface area contributed by atoms with E-state index in [1.807, 2.05) is 37.3 Å². The van der Waals surface area contributed by atoms with Gasteiger partial charge in [0.2, 0.25) is 0 Å². The van der Waals surface area contributed by atoms with Gasteiger partial charge in [0.1, 0.15) is 5.69 Å². The van der Waals surface area contributed by atoms with E-state index in [9.17, 15) is 9.59 Å². The molecule has 0 saturated carbocycles. The number of nitrogens with zero attached hydrogens (tertiary/aromatic N) is 4. The Morgan fingerprint density at radius 1 is 1.10 bits per heavy atom. The van der Waals surface area contributed by atoms with Gasteiger partial charge in [-0.15, -0.1) is 0 Å². The molecule has 3 aromatic heterocycles. The Bertz CT molecular complexity index is 1250. The summed E-state index contributed by atoms with van der Waals surface area (Å²) in [6, 6.07) is 13.0. The summed E-state index contributed by atoms with van der Waals surface area (Å²) in [5, 5.41) is 4.94. The summed E-state index contributed by atoms with van der Waals surface area (Å²) in [7, 11) is 1.75. The number of aromatic nitrogens is 4. The highest BCUT2D eigenvalue weighted by Crippen LogP contribution is 2.25. The zero-order chi connectivity index (χ0) is 21.3. The molecule has 0 saturated heterocycles. The summed E-state index contributed by atoms with van der Waals surface area (Å²) in [6.45, 7) is 2.58. The second-order valence-corrected chi connectivity index (χ2v) is 7.60. The fourth-order valence-electron chi connectivity index (χ4n) is 3.22. The lowest BCUT2D eigenvalue weighted by atomic mass is 10.1. The van der Waals surface area contributed by atoms with E-state index < -0.39 is 11.8 Å². The number of fused-ring (bicyclic) bond motifs is 1. The Balaban J connectivity index is 1.67. The van der Waals surface area contributed by atoms with Gasteiger partial charge >= 0.3 is 0 Å². The Hall–Kier alpha value is -3.46. The Labute approximate surface area is 181 Å². The third-order valence-electron chi connectivity index (χ3n) is 4.72. The van der Waals surface area contributed by atoms with Gasteiger partial charge < -0.3 is 4.57 Å². The van der Waals surface area contributed by atoms with Crippen molar-refractivity contribution in [2.45, 2.75) is 13.5 Å². The number of hydrogen-bond donors (Lipinski definition) is 2. The summed E-state index contributed by atoms with van der Waals surface area (Å²) < 4.78 is 4.17. The molecular weight excluding hydrogens is 448 g/mol. The zero-order valence-corrected chi connectivity index (χ0v) is 18.0. The van der Waals surface area contributed by atoms with Crippen molar-refractivity contribution >= 4 is 38.8 Å². The van der Waals surface area contributed by atoms with E-state index in [2.05, 4.69) is 31.9 Å². The topological polar surface area (TPSA) is 93.8 Å². The lowest BCUT2D eigenvalue weighted by Gasteiger charge is -2.10. The molecule has 0 fully saturated rings. The third-order valence-corrected chi connectivity index (χ3v) is 5.15. The predicted molar refractivity (Wildman–Crippen MR) is 117 cm³/mol. The Kier molecular flexibility index (Phi) is 5.37. The average molecular weight is 467 g/mol. The number of hydrazine groups is 1. The summed E-state index contributed by atoms with van der Waals surface area (Å²) >= 11 is 3.33. The van der Waals surface area contributed by atoms with Crippen molar-refractivity contribution in [3.05, 3.63) is 70.6 Å². The van der Waals surface area contributed by atoms with Gasteiger partial charge in [0, 0.05) is 29.8 Å². The number of benzene rings is 1. The minimum atomic E-state index is -0.447. The maximum atomic E-state index is 13.0. The minimum absolute atomic E-state index is 0.381. The summed E-state index contributed by atoms with van der Waals surface area (Å²) in [5.74, 6) is -0.869. The van der Waals surface area contributed by atoms with Crippen LogP contribution in [0.1, 0.15) is 27.8 Å². The number of halogens is 1. The molecule has 8 nitrogen and oxygen atoms in total. The van der Waals surface area contributed by atoms with Crippen molar-refractivity contribution < 1.29 is 9.59 Å². The Morgan fingerprint density at radius 2 is 1.83 bits per heavy atom. The first-order valence-electron chi connectivity index (χ1n) is 9.32. The standard InChI is InChI=1S/C21H19BrN6O2/c1-3-28-19-16(11-23-28)15(10-17(24-19)13-7-5-4-6-8-13)20(29)25-26-21(30)18-9-14(22)12-27(18)2/h4-12H,3H2,1-2H3,(H,25,29)(H,26,30). The second kappa shape index (κ2) is 8.11. The molecule has 152 valence electrons. The number of carbonyl (C=O) groups excluding carboxylic acids is 2. The lowest BCUT2D eigenvalue weighted by Crippen LogP contribution is -2.42. The van der Waals surface area contributed by atoms with Crippen LogP contribution in [-0.4, -0.2) is 31.1 Å². The van der Waals surface area contributed by atoms with Crippen LogP contribution in [0.4, 0.5) is 0 Å². The van der Waals surface area contributed by atoms with Crippen LogP contribution in [0.15, 0.2) is 59.3 Å². The highest BCUT2D eigenvalue weighted by atomic mass is 79.9. The number of nitrogens with one attached hydrogen (secondary N) is 2. The number of hydrogen-bond acceptors (Lipinski definition) is 4. The lowest BCUT2D eigenvalue weighted by molar-refractivity contribution is 0.0843. The highest BCUT2D eigenvalue weighted by Gasteiger charge is 2.18. The van der Waals surface area contributed by atoms with Crippen molar-refractivity contribution in [2.75, 3.05) is 0 Å². The third kappa shape index (κ3) is 3.71. The molecule has 2 amide bonds. The number of aryl methyl sites for hydroxylation is 2. The van der Waals surface area contributed by atoms with E-state index in [0.29, 0.717) is 34.5 Å². The molecular formula is C21H19BrN6O2. The second-order valence-electron chi connectivity index (χ2n) is 6.68. The molecule has 0 aliphatic rings. The van der Waals surface area contributed by atoms with Crippen LogP contribution in [0, 0.1) is 0 Å². The van der Waals surface area contributed by atoms with Crippen LogP contribution in [0.2, 0.25) is 0 Å². The molecule has 4 aromatic rings. The van der Waals surface area contributed by atoms with E-state index >= 15 is 0 Å². The van der Waals surface area contributed by atoms with E-state index in [-0.39, 0.29) is 0 Å². The highest BCUT2D eigenvalue weighted by molar-refractivity contribution is 9.10. The first kappa shape index (κ1) is 19.8. The van der Waals surface area contributed by atoms with Crippen molar-refractivity contribution in [3.63, 3.8) is 0 Å². The van der Waals surface area contributed by atoms with Crippen LogP contribution >= 0.6 is 15.9 Å². The van der Waals surface area contributed by atoms with Crippen LogP contribution < -0.4 is 10.9 Å². The van der Waals surface area contributed by atoms with Crippen molar-refractivity contribution in [1.82, 2.24) is 30.2 Å². The van der Waals surface area contributed by atoms with Gasteiger partial charge in [-0.05, 0) is 35.0 Å². The van der Waals surface area contributed by atoms with Gasteiger partial charge in [0.25, 0.3) is 11.8 Å².